The summed E-state index contributed by atoms with van der Waals surface area (Å²) in [6, 6.07) is 4.91. The zero-order valence-electron chi connectivity index (χ0n) is 8.47. The van der Waals surface area contributed by atoms with E-state index in [1.807, 2.05) is 11.4 Å². The van der Waals surface area contributed by atoms with Crippen LogP contribution in [0.3, 0.4) is 0 Å². The van der Waals surface area contributed by atoms with Crippen LogP contribution in [0.2, 0.25) is 0 Å². The molecule has 0 saturated heterocycles. The van der Waals surface area contributed by atoms with Gasteiger partial charge in [0.05, 0.1) is 0 Å². The number of aromatic nitrogens is 1. The molecule has 0 atom stereocenters. The van der Waals surface area contributed by atoms with E-state index in [4.69, 9.17) is 0 Å². The van der Waals surface area contributed by atoms with Gasteiger partial charge in [-0.15, -0.1) is 0 Å². The van der Waals surface area contributed by atoms with E-state index < -0.39 is 0 Å². The third-order valence-corrected chi connectivity index (χ3v) is 3.63. The first-order chi connectivity index (χ1) is 7.75. The van der Waals surface area contributed by atoms with Crippen molar-refractivity contribution >= 4 is 16.5 Å². The number of nitrogens with one attached hydrogen (secondary N) is 1. The summed E-state index contributed by atoms with van der Waals surface area (Å²) in [6.45, 7) is 1.89. The lowest BCUT2D eigenvalue weighted by molar-refractivity contribution is -0.655. The lowest BCUT2D eigenvalue weighted by Crippen LogP contribution is -2.30. The fraction of sp³-hybridized carbons (Fsp3) is 0.182. The molecule has 5 heteroatoms. The van der Waals surface area contributed by atoms with Crippen LogP contribution in [0.5, 0.6) is 11.5 Å². The van der Waals surface area contributed by atoms with Crippen molar-refractivity contribution in [2.75, 3.05) is 11.9 Å². The summed E-state index contributed by atoms with van der Waals surface area (Å²) in [6.07, 6.45) is 0. The Balaban J connectivity index is 2.11. The van der Waals surface area contributed by atoms with E-state index in [-0.39, 0.29) is 11.5 Å². The molecule has 0 amide bonds. The SMILES string of the molecule is Oc1ccc(-c2csc3[n+]2CCN3)cc1O. The Morgan fingerprint density at radius 1 is 1.25 bits per heavy atom. The van der Waals surface area contributed by atoms with Crippen molar-refractivity contribution in [3.05, 3.63) is 23.6 Å². The molecule has 4 nitrogen and oxygen atoms in total. The second-order valence-electron chi connectivity index (χ2n) is 3.71. The van der Waals surface area contributed by atoms with Crippen LogP contribution in [0.1, 0.15) is 0 Å². The maximum atomic E-state index is 9.48. The van der Waals surface area contributed by atoms with E-state index in [2.05, 4.69) is 9.88 Å². The van der Waals surface area contributed by atoms with Crippen LogP contribution in [0, 0.1) is 0 Å². The number of fused-ring (bicyclic) bond motifs is 1. The third kappa shape index (κ3) is 1.32. The molecule has 0 aliphatic carbocycles. The van der Waals surface area contributed by atoms with Crippen molar-refractivity contribution in [3.8, 4) is 22.8 Å². The average Bonchev–Trinajstić information content (AvgIpc) is 2.83. The molecule has 82 valence electrons. The van der Waals surface area contributed by atoms with Crippen molar-refractivity contribution in [1.29, 1.82) is 0 Å². The van der Waals surface area contributed by atoms with Crippen molar-refractivity contribution in [2.24, 2.45) is 0 Å². The Morgan fingerprint density at radius 2 is 2.12 bits per heavy atom. The zero-order chi connectivity index (χ0) is 11.1. The summed E-state index contributed by atoms with van der Waals surface area (Å²) in [5.74, 6) is -0.164. The number of thiazole rings is 1. The minimum atomic E-state index is -0.0845. The van der Waals surface area contributed by atoms with Crippen molar-refractivity contribution in [1.82, 2.24) is 0 Å². The normalized spacial score (nSPS) is 13.5. The molecule has 3 rings (SSSR count). The summed E-state index contributed by atoms with van der Waals surface area (Å²) in [4.78, 5) is 0. The Morgan fingerprint density at radius 3 is 2.94 bits per heavy atom. The van der Waals surface area contributed by atoms with Gasteiger partial charge >= 0.3 is 5.13 Å². The molecular formula is C11H11N2O2S+. The maximum Gasteiger partial charge on any atom is 0.334 e. The summed E-state index contributed by atoms with van der Waals surface area (Å²) >= 11 is 1.65. The number of nitrogens with zero attached hydrogens (tertiary/aromatic N) is 1. The van der Waals surface area contributed by atoms with Crippen LogP contribution in [-0.2, 0) is 6.54 Å². The van der Waals surface area contributed by atoms with Gasteiger partial charge in [-0.1, -0.05) is 11.3 Å². The van der Waals surface area contributed by atoms with Gasteiger partial charge in [-0.05, 0) is 18.2 Å². The quantitative estimate of drug-likeness (QED) is 0.519. The number of rotatable bonds is 1. The Bertz CT molecular complexity index is 551. The van der Waals surface area contributed by atoms with Gasteiger partial charge < -0.3 is 10.2 Å². The molecule has 0 unspecified atom stereocenters. The van der Waals surface area contributed by atoms with Crippen molar-refractivity contribution in [2.45, 2.75) is 6.54 Å². The molecule has 1 aliphatic heterocycles. The van der Waals surface area contributed by atoms with E-state index in [1.54, 1.807) is 17.4 Å². The molecule has 0 bridgehead atoms. The number of hydrogen-bond acceptors (Lipinski definition) is 4. The molecule has 0 radical (unpaired) electrons. The zero-order valence-corrected chi connectivity index (χ0v) is 9.29. The summed E-state index contributed by atoms with van der Waals surface area (Å²) in [5, 5.41) is 25.2. The first-order valence-corrected chi connectivity index (χ1v) is 5.91. The first-order valence-electron chi connectivity index (χ1n) is 5.03. The van der Waals surface area contributed by atoms with Gasteiger partial charge in [0.2, 0.25) is 0 Å². The maximum absolute atomic E-state index is 9.48. The molecule has 0 saturated carbocycles. The number of aromatic hydroxyl groups is 2. The van der Waals surface area contributed by atoms with Crippen LogP contribution in [0.25, 0.3) is 11.3 Å². The molecule has 2 heterocycles. The molecule has 0 fully saturated rings. The molecule has 16 heavy (non-hydrogen) atoms. The van der Waals surface area contributed by atoms with Gasteiger partial charge in [-0.2, -0.15) is 0 Å². The van der Waals surface area contributed by atoms with E-state index in [0.717, 1.165) is 29.5 Å². The Labute approximate surface area is 96.4 Å². The monoisotopic (exact) mass is 235 g/mol. The largest absolute Gasteiger partial charge is 0.504 e. The standard InChI is InChI=1S/C11H10N2O2S/c14-9-2-1-7(5-10(9)15)8-6-16-11-12-3-4-13(8)11/h1-2,5-6,14-15H,3-4H2/p+1. The topological polar surface area (TPSA) is 56.4 Å². The fourth-order valence-electron chi connectivity index (χ4n) is 1.89. The predicted molar refractivity (Wildman–Crippen MR) is 61.8 cm³/mol. The highest BCUT2D eigenvalue weighted by Crippen LogP contribution is 2.31. The van der Waals surface area contributed by atoms with E-state index in [1.165, 1.54) is 6.07 Å². The van der Waals surface area contributed by atoms with Gasteiger partial charge in [0.1, 0.15) is 18.8 Å². The van der Waals surface area contributed by atoms with Crippen molar-refractivity contribution in [3.63, 3.8) is 0 Å². The first kappa shape index (κ1) is 9.47. The van der Waals surface area contributed by atoms with Crippen molar-refractivity contribution < 1.29 is 14.8 Å². The second-order valence-corrected chi connectivity index (χ2v) is 4.57. The lowest BCUT2D eigenvalue weighted by atomic mass is 10.1. The minimum absolute atomic E-state index is 0.0796. The van der Waals surface area contributed by atoms with Crippen LogP contribution >= 0.6 is 11.3 Å². The highest BCUT2D eigenvalue weighted by atomic mass is 32.1. The number of phenols is 2. The molecule has 1 aromatic carbocycles. The van der Waals surface area contributed by atoms with Crippen LogP contribution in [-0.4, -0.2) is 16.8 Å². The number of hydrogen-bond donors (Lipinski definition) is 3. The minimum Gasteiger partial charge on any atom is -0.504 e. The fourth-order valence-corrected chi connectivity index (χ4v) is 2.88. The van der Waals surface area contributed by atoms with Gasteiger partial charge in [-0.25, -0.2) is 4.57 Å². The van der Waals surface area contributed by atoms with Crippen LogP contribution in [0.4, 0.5) is 5.13 Å². The van der Waals surface area contributed by atoms with Crippen LogP contribution in [0.15, 0.2) is 23.6 Å². The number of benzene rings is 1. The van der Waals surface area contributed by atoms with E-state index in [9.17, 15) is 10.2 Å². The number of phenolic OH excluding ortho intramolecular Hbond substituents is 2. The highest BCUT2D eigenvalue weighted by molar-refractivity contribution is 7.13. The Hall–Kier alpha value is -1.75. The molecule has 0 spiro atoms. The molecule has 2 aromatic rings. The predicted octanol–water partition coefficient (Wildman–Crippen LogP) is 1.54. The third-order valence-electron chi connectivity index (χ3n) is 2.70. The van der Waals surface area contributed by atoms with Gasteiger partial charge in [0.25, 0.3) is 0 Å². The Kier molecular flexibility index (Phi) is 2.00. The second kappa shape index (κ2) is 3.38. The summed E-state index contributed by atoms with van der Waals surface area (Å²) in [7, 11) is 0. The van der Waals surface area contributed by atoms with Gasteiger partial charge in [0, 0.05) is 10.9 Å². The molecular weight excluding hydrogens is 224 g/mol. The number of anilines is 1. The van der Waals surface area contributed by atoms with E-state index >= 15 is 0 Å². The summed E-state index contributed by atoms with van der Waals surface area (Å²) in [5.41, 5.74) is 1.99. The molecule has 3 N–H and O–H groups in total. The lowest BCUT2D eigenvalue weighted by Gasteiger charge is -2.01. The molecule has 1 aromatic heterocycles. The smallest absolute Gasteiger partial charge is 0.334 e. The highest BCUT2D eigenvalue weighted by Gasteiger charge is 2.24. The van der Waals surface area contributed by atoms with Gasteiger partial charge in [-0.3, -0.25) is 5.32 Å². The summed E-state index contributed by atoms with van der Waals surface area (Å²) < 4.78 is 2.18. The van der Waals surface area contributed by atoms with E-state index in [0.29, 0.717) is 0 Å². The average molecular weight is 235 g/mol. The van der Waals surface area contributed by atoms with Gasteiger partial charge in [0.15, 0.2) is 11.5 Å². The molecule has 1 aliphatic rings. The van der Waals surface area contributed by atoms with Crippen LogP contribution < -0.4 is 9.88 Å².